The molecule has 0 aliphatic heterocycles. The van der Waals surface area contributed by atoms with E-state index in [0.29, 0.717) is 0 Å². The minimum absolute atomic E-state index is 0. The van der Waals surface area contributed by atoms with Crippen molar-refractivity contribution in [3.63, 3.8) is 0 Å². The van der Waals surface area contributed by atoms with Gasteiger partial charge in [-0.05, 0) is 11.7 Å². The van der Waals surface area contributed by atoms with Gasteiger partial charge in [0.15, 0.2) is 0 Å². The molecular formula is H3Cl2CuNaO3S2. The van der Waals surface area contributed by atoms with Crippen LogP contribution in [-0.4, -0.2) is 42.5 Å². The number of halogens is 2. The van der Waals surface area contributed by atoms with E-state index in [2.05, 4.69) is 31.9 Å². The van der Waals surface area contributed by atoms with Gasteiger partial charge in [-0.2, -0.15) is 8.42 Å². The molecule has 0 aliphatic rings. The van der Waals surface area contributed by atoms with E-state index < -0.39 is 9.15 Å². The Hall–Kier alpha value is 2.36. The van der Waals surface area contributed by atoms with Crippen molar-refractivity contribution in [2.45, 2.75) is 0 Å². The summed E-state index contributed by atoms with van der Waals surface area (Å²) in [5.74, 6) is 0. The van der Waals surface area contributed by atoms with Crippen molar-refractivity contribution in [1.82, 2.24) is 0 Å². The summed E-state index contributed by atoms with van der Waals surface area (Å²) in [6, 6.07) is 0. The molecule has 59 valence electrons. The molecule has 0 rings (SSSR count). The molecule has 0 aromatic rings. The molecule has 0 saturated heterocycles. The summed E-state index contributed by atoms with van der Waals surface area (Å²) in [5.41, 5.74) is 0. The van der Waals surface area contributed by atoms with Gasteiger partial charge < -0.3 is 0 Å². The number of hydrogen-bond acceptors (Lipinski definition) is 2. The van der Waals surface area contributed by atoms with E-state index in [0.717, 1.165) is 13.1 Å². The minimum atomic E-state index is -3.97. The zero-order valence-corrected chi connectivity index (χ0v) is 7.34. The van der Waals surface area contributed by atoms with Gasteiger partial charge >= 0.3 is 72.0 Å². The predicted octanol–water partition coefficient (Wildman–Crippen LogP) is 0.447. The van der Waals surface area contributed by atoms with Gasteiger partial charge in [-0.1, -0.05) is 0 Å². The summed E-state index contributed by atoms with van der Waals surface area (Å²) in [4.78, 5) is 0. The second-order valence-electron chi connectivity index (χ2n) is 0.491. The van der Waals surface area contributed by atoms with E-state index in [1.165, 1.54) is 0 Å². The van der Waals surface area contributed by atoms with Crippen molar-refractivity contribution in [3.05, 3.63) is 0 Å². The van der Waals surface area contributed by atoms with Crippen LogP contribution in [-0.2, 0) is 22.3 Å². The third kappa shape index (κ3) is 130. The van der Waals surface area contributed by atoms with Crippen LogP contribution >= 0.6 is 31.9 Å². The fourth-order valence-corrected chi connectivity index (χ4v) is 0. The Kier molecular flexibility index (Phi) is 20.1. The SMILES string of the molecule is O=S(=O)(O)S.[Cl][Cu][Cl].[NaH]. The fraction of sp³-hybridized carbons (Fsp3) is 0. The quantitative estimate of drug-likeness (QED) is 0.291. The van der Waals surface area contributed by atoms with Gasteiger partial charge in [0.2, 0.25) is 0 Å². The van der Waals surface area contributed by atoms with Crippen molar-refractivity contribution in [2.75, 3.05) is 0 Å². The maximum absolute atomic E-state index is 9.05. The predicted molar refractivity (Wildman–Crippen MR) is 39.4 cm³/mol. The van der Waals surface area contributed by atoms with Crippen LogP contribution in [0.25, 0.3) is 0 Å². The average Bonchev–Trinajstić information content (AvgIpc) is 1.27. The Labute approximate surface area is 95.3 Å². The molecule has 0 saturated carbocycles. The molecule has 0 atom stereocenters. The van der Waals surface area contributed by atoms with Crippen LogP contribution in [0.5, 0.6) is 0 Å². The van der Waals surface area contributed by atoms with Gasteiger partial charge in [-0.3, -0.25) is 4.55 Å². The average molecular weight is 273 g/mol. The van der Waals surface area contributed by atoms with Gasteiger partial charge in [0.05, 0.1) is 0 Å². The van der Waals surface area contributed by atoms with Crippen molar-refractivity contribution >= 4 is 70.6 Å². The normalized spacial score (nSPS) is 8.89. The van der Waals surface area contributed by atoms with Crippen molar-refractivity contribution in [2.24, 2.45) is 0 Å². The molecule has 0 amide bonds. The first kappa shape index (κ1) is 17.4. The van der Waals surface area contributed by atoms with E-state index in [9.17, 15) is 0 Å². The molecule has 0 unspecified atom stereocenters. The second-order valence-corrected chi connectivity index (χ2v) is 4.33. The molecule has 9 heteroatoms. The third-order valence-electron chi connectivity index (χ3n) is 0. The Morgan fingerprint density at radius 1 is 1.44 bits per heavy atom. The molecule has 9 heavy (non-hydrogen) atoms. The van der Waals surface area contributed by atoms with Crippen LogP contribution in [0.15, 0.2) is 0 Å². The summed E-state index contributed by atoms with van der Waals surface area (Å²) < 4.78 is 25.5. The van der Waals surface area contributed by atoms with E-state index in [1.54, 1.807) is 0 Å². The first-order chi connectivity index (χ1) is 3.41. The summed E-state index contributed by atoms with van der Waals surface area (Å²) in [6.45, 7) is 0. The van der Waals surface area contributed by atoms with E-state index in [-0.39, 0.29) is 29.6 Å². The van der Waals surface area contributed by atoms with Gasteiger partial charge in [0, 0.05) is 0 Å². The summed E-state index contributed by atoms with van der Waals surface area (Å²) in [7, 11) is 5.37. The van der Waals surface area contributed by atoms with Crippen molar-refractivity contribution < 1.29 is 26.1 Å². The van der Waals surface area contributed by atoms with Gasteiger partial charge in [0.25, 0.3) is 0 Å². The van der Waals surface area contributed by atoms with E-state index in [4.69, 9.17) is 13.0 Å². The first-order valence-corrected chi connectivity index (χ1v) is 6.01. The molecule has 0 fully saturated rings. The molecule has 0 aromatic carbocycles. The standard InChI is InChI=1S/2ClH.Cu.Na.H2O3S2.H/c;;;;1-5(2,3)4;/h2*1H;;;(H2,1,2,3,4);/q;;+2;;;/p-2. The van der Waals surface area contributed by atoms with E-state index >= 15 is 0 Å². The summed E-state index contributed by atoms with van der Waals surface area (Å²) >= 11 is 3.41. The second kappa shape index (κ2) is 10.4. The summed E-state index contributed by atoms with van der Waals surface area (Å²) in [5, 5.41) is 0. The van der Waals surface area contributed by atoms with Crippen molar-refractivity contribution in [3.8, 4) is 0 Å². The molecule has 1 N–H and O–H groups in total. The monoisotopic (exact) mass is 271 g/mol. The first-order valence-electron chi connectivity index (χ1n) is 0.926. The zero-order valence-electron chi connectivity index (χ0n) is 3.18. The molecule has 3 nitrogen and oxygen atoms in total. The van der Waals surface area contributed by atoms with Crippen molar-refractivity contribution in [1.29, 1.82) is 0 Å². The number of thiol groups is 1. The Bertz CT molecular complexity index is 114. The Morgan fingerprint density at radius 3 is 1.44 bits per heavy atom. The third-order valence-corrected chi connectivity index (χ3v) is 0. The molecule has 0 heterocycles. The molecule has 0 spiro atoms. The molecular weight excluding hydrogens is 270 g/mol. The Balaban J connectivity index is -0.0000000800. The van der Waals surface area contributed by atoms with E-state index in [1.807, 2.05) is 0 Å². The van der Waals surface area contributed by atoms with Gasteiger partial charge in [0.1, 0.15) is 0 Å². The van der Waals surface area contributed by atoms with Crippen LogP contribution < -0.4 is 0 Å². The number of rotatable bonds is 0. The van der Waals surface area contributed by atoms with Crippen LogP contribution in [0, 0.1) is 0 Å². The maximum atomic E-state index is 9.05. The Morgan fingerprint density at radius 2 is 1.44 bits per heavy atom. The number of hydrogen-bond donors (Lipinski definition) is 2. The molecule has 0 aliphatic carbocycles. The molecule has 0 aromatic heterocycles. The van der Waals surface area contributed by atoms with Crippen LogP contribution in [0.4, 0.5) is 0 Å². The summed E-state index contributed by atoms with van der Waals surface area (Å²) in [6.07, 6.45) is 0. The van der Waals surface area contributed by atoms with Gasteiger partial charge in [-0.15, -0.1) is 0 Å². The fourth-order valence-electron chi connectivity index (χ4n) is 0. The van der Waals surface area contributed by atoms with Crippen LogP contribution in [0.3, 0.4) is 0 Å². The molecule has 0 radical (unpaired) electrons. The topological polar surface area (TPSA) is 54.4 Å². The van der Waals surface area contributed by atoms with Gasteiger partial charge in [-0.25, -0.2) is 0 Å². The van der Waals surface area contributed by atoms with Crippen LogP contribution in [0.1, 0.15) is 0 Å². The zero-order chi connectivity index (χ0) is 7.21. The van der Waals surface area contributed by atoms with Crippen LogP contribution in [0.2, 0.25) is 0 Å². The molecule has 0 bridgehead atoms.